The Balaban J connectivity index is 1.21. The van der Waals surface area contributed by atoms with Gasteiger partial charge >= 0.3 is 0 Å². The van der Waals surface area contributed by atoms with Crippen LogP contribution in [0, 0.1) is 20.8 Å². The lowest BCUT2D eigenvalue weighted by Crippen LogP contribution is -2.50. The van der Waals surface area contributed by atoms with Gasteiger partial charge in [0.25, 0.3) is 0 Å². The van der Waals surface area contributed by atoms with Crippen LogP contribution in [0.15, 0.2) is 128 Å². The van der Waals surface area contributed by atoms with Gasteiger partial charge in [0.05, 0.1) is 23.3 Å². The first kappa shape index (κ1) is 28.0. The molecule has 242 valence electrons. The lowest BCUT2D eigenvalue weighted by atomic mass is 9.80. The zero-order valence-corrected chi connectivity index (χ0v) is 28.5. The number of benzene rings is 5. The standard InChI is InChI=1S/C44H36N6/c1-26-20-21-35-33(24-26)30-17-11-18-32-39(30)44(4)47(25-36(50(35)44)37-27(2)12-10-13-28(37)3)40(32)38-31-16-8-9-19-34(31)49-42-41(45-22-23-46-42)48(43(38)49)29-14-6-5-7-15-29/h5-25,38,40,43H,1-4H3/t38?,40-,43?,44?/m1/s1. The Hall–Kier alpha value is -5.88. The molecule has 0 spiro atoms. The van der Waals surface area contributed by atoms with Crippen LogP contribution >= 0.6 is 0 Å². The molecule has 1 aromatic heterocycles. The maximum absolute atomic E-state index is 4.99. The first-order chi connectivity index (χ1) is 24.5. The van der Waals surface area contributed by atoms with Crippen molar-refractivity contribution in [3.05, 3.63) is 167 Å². The number of rotatable bonds is 3. The van der Waals surface area contributed by atoms with Crippen molar-refractivity contribution in [1.82, 2.24) is 14.9 Å². The highest BCUT2D eigenvalue weighted by molar-refractivity contribution is 5.98. The van der Waals surface area contributed by atoms with E-state index in [9.17, 15) is 0 Å². The molecule has 0 N–H and O–H groups in total. The zero-order chi connectivity index (χ0) is 33.5. The van der Waals surface area contributed by atoms with Gasteiger partial charge in [0.1, 0.15) is 11.8 Å². The minimum absolute atomic E-state index is 0.0337. The highest BCUT2D eigenvalue weighted by Crippen LogP contribution is 2.68. The van der Waals surface area contributed by atoms with Crippen molar-refractivity contribution in [2.75, 3.05) is 14.7 Å². The lowest BCUT2D eigenvalue weighted by molar-refractivity contribution is 0.143. The molecule has 6 heteroatoms. The van der Waals surface area contributed by atoms with Crippen LogP contribution in [0.5, 0.6) is 0 Å². The molecule has 11 rings (SSSR count). The summed E-state index contributed by atoms with van der Waals surface area (Å²) in [5.74, 6) is 1.88. The molecule has 5 aliphatic rings. The van der Waals surface area contributed by atoms with Crippen molar-refractivity contribution in [1.29, 1.82) is 0 Å². The zero-order valence-electron chi connectivity index (χ0n) is 28.5. The average Bonchev–Trinajstić information content (AvgIpc) is 3.81. The number of anilines is 5. The number of fused-ring (bicyclic) bond motifs is 8. The molecule has 4 atom stereocenters. The van der Waals surface area contributed by atoms with Gasteiger partial charge in [-0.25, -0.2) is 9.97 Å². The maximum Gasteiger partial charge on any atom is 0.178 e. The van der Waals surface area contributed by atoms with Gasteiger partial charge < -0.3 is 19.6 Å². The first-order valence-corrected chi connectivity index (χ1v) is 17.6. The van der Waals surface area contributed by atoms with Crippen LogP contribution in [-0.4, -0.2) is 21.0 Å². The molecule has 3 unspecified atom stereocenters. The summed E-state index contributed by atoms with van der Waals surface area (Å²) in [6.07, 6.45) is 6.09. The summed E-state index contributed by atoms with van der Waals surface area (Å²) in [4.78, 5) is 20.2. The van der Waals surface area contributed by atoms with Crippen LogP contribution in [0.25, 0.3) is 16.8 Å². The molecule has 0 fully saturated rings. The third-order valence-electron chi connectivity index (χ3n) is 11.9. The van der Waals surface area contributed by atoms with Gasteiger partial charge in [-0.2, -0.15) is 0 Å². The van der Waals surface area contributed by atoms with Gasteiger partial charge in [0, 0.05) is 46.7 Å². The van der Waals surface area contributed by atoms with Crippen molar-refractivity contribution < 1.29 is 0 Å². The van der Waals surface area contributed by atoms with Gasteiger partial charge in [-0.05, 0) is 85.8 Å². The Kier molecular flexibility index (Phi) is 5.40. The predicted molar refractivity (Wildman–Crippen MR) is 201 cm³/mol. The number of para-hydroxylation sites is 2. The van der Waals surface area contributed by atoms with E-state index in [0.29, 0.717) is 0 Å². The fourth-order valence-corrected chi connectivity index (χ4v) is 10.1. The van der Waals surface area contributed by atoms with Crippen LogP contribution in [0.1, 0.15) is 57.8 Å². The van der Waals surface area contributed by atoms with Crippen LogP contribution in [0.2, 0.25) is 0 Å². The molecule has 6 heterocycles. The van der Waals surface area contributed by atoms with Crippen LogP contribution in [-0.2, 0) is 5.66 Å². The first-order valence-electron chi connectivity index (χ1n) is 17.6. The normalized spacial score (nSPS) is 23.0. The maximum atomic E-state index is 4.99. The largest absolute Gasteiger partial charge is 0.341 e. The molecule has 6 nitrogen and oxygen atoms in total. The Morgan fingerprint density at radius 3 is 2.14 bits per heavy atom. The van der Waals surface area contributed by atoms with Gasteiger partial charge in [-0.15, -0.1) is 0 Å². The van der Waals surface area contributed by atoms with Crippen molar-refractivity contribution in [2.45, 2.75) is 51.5 Å². The molecule has 50 heavy (non-hydrogen) atoms. The lowest BCUT2D eigenvalue weighted by Gasteiger charge is -2.47. The molecule has 6 aromatic rings. The van der Waals surface area contributed by atoms with E-state index in [4.69, 9.17) is 9.97 Å². The predicted octanol–water partition coefficient (Wildman–Crippen LogP) is 9.84. The Bertz CT molecular complexity index is 2420. The molecule has 0 amide bonds. The second-order valence-corrected chi connectivity index (χ2v) is 14.6. The van der Waals surface area contributed by atoms with E-state index < -0.39 is 5.66 Å². The van der Waals surface area contributed by atoms with E-state index in [0.717, 1.165) is 17.3 Å². The molecule has 0 saturated heterocycles. The number of hydrogen-bond donors (Lipinski definition) is 0. The third-order valence-corrected chi connectivity index (χ3v) is 11.9. The van der Waals surface area contributed by atoms with E-state index >= 15 is 0 Å². The van der Waals surface area contributed by atoms with E-state index in [2.05, 4.69) is 163 Å². The summed E-state index contributed by atoms with van der Waals surface area (Å²) >= 11 is 0. The van der Waals surface area contributed by atoms with Crippen LogP contribution in [0.3, 0.4) is 0 Å². The van der Waals surface area contributed by atoms with Crippen molar-refractivity contribution >= 4 is 34.4 Å². The topological polar surface area (TPSA) is 38.7 Å². The van der Waals surface area contributed by atoms with E-state index in [-0.39, 0.29) is 18.1 Å². The molecular formula is C44H36N6. The van der Waals surface area contributed by atoms with Crippen molar-refractivity contribution in [3.63, 3.8) is 0 Å². The van der Waals surface area contributed by atoms with E-state index in [1.165, 1.54) is 67.1 Å². The molecule has 5 aromatic carbocycles. The third kappa shape index (κ3) is 3.29. The van der Waals surface area contributed by atoms with Crippen LogP contribution < -0.4 is 14.7 Å². The molecule has 5 aliphatic heterocycles. The molecule has 0 aliphatic carbocycles. The Morgan fingerprint density at radius 2 is 1.34 bits per heavy atom. The van der Waals surface area contributed by atoms with Gasteiger partial charge in [-0.3, -0.25) is 0 Å². The van der Waals surface area contributed by atoms with Crippen molar-refractivity contribution in [2.24, 2.45) is 0 Å². The summed E-state index contributed by atoms with van der Waals surface area (Å²) in [6.45, 7) is 9.17. The monoisotopic (exact) mass is 648 g/mol. The van der Waals surface area contributed by atoms with Gasteiger partial charge in [0.2, 0.25) is 0 Å². The fourth-order valence-electron chi connectivity index (χ4n) is 10.1. The average molecular weight is 649 g/mol. The number of nitrogens with zero attached hydrogens (tertiary/aromatic N) is 6. The number of hydrogen-bond acceptors (Lipinski definition) is 6. The minimum Gasteiger partial charge on any atom is -0.341 e. The van der Waals surface area contributed by atoms with Crippen molar-refractivity contribution in [3.8, 4) is 11.1 Å². The molecule has 0 saturated carbocycles. The second kappa shape index (κ2) is 9.63. The van der Waals surface area contributed by atoms with Gasteiger partial charge in [0.15, 0.2) is 11.6 Å². The van der Waals surface area contributed by atoms with Crippen LogP contribution in [0.4, 0.5) is 28.7 Å². The fraction of sp³-hybridized carbons (Fsp3) is 0.182. The van der Waals surface area contributed by atoms with Gasteiger partial charge in [-0.1, -0.05) is 84.4 Å². The quantitative estimate of drug-likeness (QED) is 0.190. The summed E-state index contributed by atoms with van der Waals surface area (Å²) in [5, 5.41) is 0. The summed E-state index contributed by atoms with van der Waals surface area (Å²) in [6, 6.07) is 40.5. The summed E-state index contributed by atoms with van der Waals surface area (Å²) in [5.41, 5.74) is 16.4. The highest BCUT2D eigenvalue weighted by Gasteiger charge is 2.63. The second-order valence-electron chi connectivity index (χ2n) is 14.6. The molecular weight excluding hydrogens is 613 g/mol. The summed E-state index contributed by atoms with van der Waals surface area (Å²) in [7, 11) is 0. The Labute approximate surface area is 292 Å². The molecule has 0 bridgehead atoms. The molecule has 0 radical (unpaired) electrons. The highest BCUT2D eigenvalue weighted by atomic mass is 15.5. The Morgan fingerprint density at radius 1 is 0.640 bits per heavy atom. The minimum atomic E-state index is -0.426. The number of aromatic nitrogens is 2. The van der Waals surface area contributed by atoms with E-state index in [1.807, 2.05) is 12.4 Å². The SMILES string of the molecule is Cc1ccc2c(c1)-c1cccc3c1C1(C)N2C(c2c(C)cccc2C)=CN1[C@H]3C1c2ccccc2N2c3nccnc3N(c3ccccc3)C12. The smallest absolute Gasteiger partial charge is 0.178 e. The number of aryl methyl sites for hydroxylation is 3. The van der Waals surface area contributed by atoms with E-state index in [1.54, 1.807) is 0 Å². The summed E-state index contributed by atoms with van der Waals surface area (Å²) < 4.78 is 0.